The van der Waals surface area contributed by atoms with Crippen LogP contribution in [0.2, 0.25) is 0 Å². The third-order valence-corrected chi connectivity index (χ3v) is 3.84. The van der Waals surface area contributed by atoms with E-state index in [1.165, 1.54) is 25.0 Å². The van der Waals surface area contributed by atoms with E-state index in [1.807, 2.05) is 0 Å². The van der Waals surface area contributed by atoms with E-state index < -0.39 is 4.92 Å². The predicted octanol–water partition coefficient (Wildman–Crippen LogP) is 3.68. The summed E-state index contributed by atoms with van der Waals surface area (Å²) >= 11 is 0. The Morgan fingerprint density at radius 3 is 2.21 bits per heavy atom. The van der Waals surface area contributed by atoms with Crippen molar-refractivity contribution in [1.29, 1.82) is 0 Å². The summed E-state index contributed by atoms with van der Waals surface area (Å²) in [6.45, 7) is 0. The van der Waals surface area contributed by atoms with Crippen molar-refractivity contribution in [3.63, 3.8) is 0 Å². The SMILES string of the molecule is O=C(Cc1ccc([N+](=O)[O-])cc1)C1CCCCCC1. The Balaban J connectivity index is 1.95. The van der Waals surface area contributed by atoms with Crippen molar-refractivity contribution < 1.29 is 9.72 Å². The van der Waals surface area contributed by atoms with Gasteiger partial charge in [-0.25, -0.2) is 0 Å². The smallest absolute Gasteiger partial charge is 0.269 e. The number of Topliss-reactive ketones (excluding diaryl/α,β-unsaturated/α-hetero) is 1. The molecule has 0 bridgehead atoms. The Bertz CT molecular complexity index is 445. The maximum atomic E-state index is 12.2. The third kappa shape index (κ3) is 3.88. The molecule has 1 aliphatic carbocycles. The summed E-state index contributed by atoms with van der Waals surface area (Å²) in [5.74, 6) is 0.480. The molecule has 0 heterocycles. The number of carbonyl (C=O) groups is 1. The van der Waals surface area contributed by atoms with Gasteiger partial charge in [0.2, 0.25) is 0 Å². The van der Waals surface area contributed by atoms with Crippen molar-refractivity contribution in [3.05, 3.63) is 39.9 Å². The highest BCUT2D eigenvalue weighted by molar-refractivity contribution is 5.83. The van der Waals surface area contributed by atoms with Gasteiger partial charge in [-0.1, -0.05) is 37.8 Å². The Hall–Kier alpha value is -1.71. The zero-order valence-electron chi connectivity index (χ0n) is 11.0. The summed E-state index contributed by atoms with van der Waals surface area (Å²) in [6.07, 6.45) is 7.19. The van der Waals surface area contributed by atoms with E-state index in [-0.39, 0.29) is 17.4 Å². The molecule has 0 aromatic heterocycles. The highest BCUT2D eigenvalue weighted by Crippen LogP contribution is 2.25. The largest absolute Gasteiger partial charge is 0.299 e. The molecule has 4 nitrogen and oxygen atoms in total. The van der Waals surface area contributed by atoms with Gasteiger partial charge in [0.1, 0.15) is 5.78 Å². The molecule has 1 fully saturated rings. The third-order valence-electron chi connectivity index (χ3n) is 3.84. The van der Waals surface area contributed by atoms with Crippen LogP contribution < -0.4 is 0 Å². The number of nitrogens with zero attached hydrogens (tertiary/aromatic N) is 1. The minimum Gasteiger partial charge on any atom is -0.299 e. The van der Waals surface area contributed by atoms with Gasteiger partial charge in [0, 0.05) is 24.5 Å². The standard InChI is InChI=1S/C15H19NO3/c17-15(13-5-3-1-2-4-6-13)11-12-7-9-14(10-8-12)16(18)19/h7-10,13H,1-6,11H2. The van der Waals surface area contributed by atoms with Gasteiger partial charge in [-0.3, -0.25) is 14.9 Å². The fraction of sp³-hybridized carbons (Fsp3) is 0.533. The van der Waals surface area contributed by atoms with Crippen LogP contribution in [0, 0.1) is 16.0 Å². The first-order valence-corrected chi connectivity index (χ1v) is 6.93. The van der Waals surface area contributed by atoms with Crippen LogP contribution in [-0.4, -0.2) is 10.7 Å². The second-order valence-electron chi connectivity index (χ2n) is 5.26. The lowest BCUT2D eigenvalue weighted by Crippen LogP contribution is -2.16. The van der Waals surface area contributed by atoms with E-state index in [2.05, 4.69) is 0 Å². The number of hydrogen-bond acceptors (Lipinski definition) is 3. The number of non-ortho nitro benzene ring substituents is 1. The molecule has 1 aromatic rings. The second kappa shape index (κ2) is 6.45. The highest BCUT2D eigenvalue weighted by atomic mass is 16.6. The number of nitro benzene ring substituents is 1. The monoisotopic (exact) mass is 261 g/mol. The molecule has 0 unspecified atom stereocenters. The minimum absolute atomic E-state index is 0.0747. The van der Waals surface area contributed by atoms with Crippen molar-refractivity contribution >= 4 is 11.5 Å². The number of rotatable bonds is 4. The fourth-order valence-electron chi connectivity index (χ4n) is 2.68. The molecule has 0 aliphatic heterocycles. The first-order valence-electron chi connectivity index (χ1n) is 6.93. The second-order valence-corrected chi connectivity index (χ2v) is 5.26. The molecule has 1 aliphatic rings. The lowest BCUT2D eigenvalue weighted by atomic mass is 9.91. The van der Waals surface area contributed by atoms with Crippen molar-refractivity contribution in [2.45, 2.75) is 44.9 Å². The maximum Gasteiger partial charge on any atom is 0.269 e. The van der Waals surface area contributed by atoms with Gasteiger partial charge in [0.25, 0.3) is 5.69 Å². The van der Waals surface area contributed by atoms with Crippen LogP contribution >= 0.6 is 0 Å². The van der Waals surface area contributed by atoms with Gasteiger partial charge in [-0.15, -0.1) is 0 Å². The van der Waals surface area contributed by atoms with E-state index in [1.54, 1.807) is 12.1 Å². The van der Waals surface area contributed by atoms with Crippen molar-refractivity contribution in [3.8, 4) is 0 Å². The van der Waals surface area contributed by atoms with Gasteiger partial charge in [-0.2, -0.15) is 0 Å². The summed E-state index contributed by atoms with van der Waals surface area (Å²) in [7, 11) is 0. The summed E-state index contributed by atoms with van der Waals surface area (Å²) < 4.78 is 0. The predicted molar refractivity (Wildman–Crippen MR) is 73.0 cm³/mol. The molecule has 19 heavy (non-hydrogen) atoms. The van der Waals surface area contributed by atoms with Crippen LogP contribution in [0.3, 0.4) is 0 Å². The maximum absolute atomic E-state index is 12.2. The quantitative estimate of drug-likeness (QED) is 0.472. The van der Waals surface area contributed by atoms with Gasteiger partial charge in [-0.05, 0) is 18.4 Å². The Labute approximate surface area is 113 Å². The van der Waals surface area contributed by atoms with Crippen molar-refractivity contribution in [2.24, 2.45) is 5.92 Å². The van der Waals surface area contributed by atoms with Crippen LogP contribution in [0.25, 0.3) is 0 Å². The first-order chi connectivity index (χ1) is 9.16. The molecule has 0 amide bonds. The molecule has 1 aromatic carbocycles. The molecule has 0 N–H and O–H groups in total. The average Bonchev–Trinajstić information content (AvgIpc) is 2.68. The molecular formula is C15H19NO3. The van der Waals surface area contributed by atoms with E-state index in [0.29, 0.717) is 6.42 Å². The van der Waals surface area contributed by atoms with Crippen LogP contribution in [0.15, 0.2) is 24.3 Å². The van der Waals surface area contributed by atoms with Gasteiger partial charge in [0.15, 0.2) is 0 Å². The van der Waals surface area contributed by atoms with Crippen molar-refractivity contribution in [2.75, 3.05) is 0 Å². The van der Waals surface area contributed by atoms with Gasteiger partial charge < -0.3 is 0 Å². The number of benzene rings is 1. The van der Waals surface area contributed by atoms with Gasteiger partial charge >= 0.3 is 0 Å². The normalized spacial score (nSPS) is 16.8. The molecule has 0 radical (unpaired) electrons. The zero-order valence-corrected chi connectivity index (χ0v) is 11.0. The fourth-order valence-corrected chi connectivity index (χ4v) is 2.68. The van der Waals surface area contributed by atoms with Gasteiger partial charge in [0.05, 0.1) is 4.92 Å². The first kappa shape index (κ1) is 13.7. The molecule has 1 saturated carbocycles. The molecule has 2 rings (SSSR count). The lowest BCUT2D eigenvalue weighted by Gasteiger charge is -2.12. The number of carbonyl (C=O) groups excluding carboxylic acids is 1. The highest BCUT2D eigenvalue weighted by Gasteiger charge is 2.20. The Morgan fingerprint density at radius 1 is 1.11 bits per heavy atom. The molecule has 0 spiro atoms. The van der Waals surface area contributed by atoms with Crippen LogP contribution in [-0.2, 0) is 11.2 Å². The molecule has 0 atom stereocenters. The Kier molecular flexibility index (Phi) is 4.66. The summed E-state index contributed by atoms with van der Waals surface area (Å²) in [5, 5.41) is 10.6. The molecule has 0 saturated heterocycles. The van der Waals surface area contributed by atoms with E-state index in [9.17, 15) is 14.9 Å². The summed E-state index contributed by atoms with van der Waals surface area (Å²) in [6, 6.07) is 6.31. The van der Waals surface area contributed by atoms with Crippen molar-refractivity contribution in [1.82, 2.24) is 0 Å². The van der Waals surface area contributed by atoms with Crippen LogP contribution in [0.1, 0.15) is 44.1 Å². The summed E-state index contributed by atoms with van der Waals surface area (Å²) in [4.78, 5) is 22.3. The number of nitro groups is 1. The summed E-state index contributed by atoms with van der Waals surface area (Å²) in [5.41, 5.74) is 0.950. The van der Waals surface area contributed by atoms with E-state index in [4.69, 9.17) is 0 Å². The minimum atomic E-state index is -0.420. The average molecular weight is 261 g/mol. The number of ketones is 1. The molecule has 102 valence electrons. The zero-order chi connectivity index (χ0) is 13.7. The van der Waals surface area contributed by atoms with Crippen LogP contribution in [0.4, 0.5) is 5.69 Å². The lowest BCUT2D eigenvalue weighted by molar-refractivity contribution is -0.384. The van der Waals surface area contributed by atoms with E-state index in [0.717, 1.165) is 31.2 Å². The van der Waals surface area contributed by atoms with E-state index >= 15 is 0 Å². The topological polar surface area (TPSA) is 60.2 Å². The Morgan fingerprint density at radius 2 is 1.68 bits per heavy atom. The number of hydrogen-bond donors (Lipinski definition) is 0. The van der Waals surface area contributed by atoms with Crippen LogP contribution in [0.5, 0.6) is 0 Å². The molecule has 4 heteroatoms. The molecular weight excluding hydrogens is 242 g/mol.